The minimum Gasteiger partial charge on any atom is -0.493 e. The predicted octanol–water partition coefficient (Wildman–Crippen LogP) is 4.25. The maximum absolute atomic E-state index is 13.2. The van der Waals surface area contributed by atoms with Crippen LogP contribution in [0.5, 0.6) is 11.5 Å². The van der Waals surface area contributed by atoms with Crippen molar-refractivity contribution in [2.24, 2.45) is 0 Å². The molecule has 0 aliphatic rings. The lowest BCUT2D eigenvalue weighted by molar-refractivity contribution is 0.0729. The number of carbonyl (C=O) groups excluding carboxylic acids is 1. The largest absolute Gasteiger partial charge is 0.493 e. The molecular weight excluding hydrogens is 352 g/mol. The number of pyridine rings is 1. The number of hydrogen-bond acceptors (Lipinski definition) is 4. The molecule has 28 heavy (non-hydrogen) atoms. The van der Waals surface area contributed by atoms with Crippen LogP contribution in [0.2, 0.25) is 0 Å². The average molecular weight is 376 g/mol. The lowest BCUT2D eigenvalue weighted by Crippen LogP contribution is -2.30. The van der Waals surface area contributed by atoms with Gasteiger partial charge in [-0.2, -0.15) is 0 Å². The molecule has 0 aliphatic carbocycles. The molecule has 0 bridgehead atoms. The fourth-order valence-corrected chi connectivity index (χ4v) is 3.07. The summed E-state index contributed by atoms with van der Waals surface area (Å²) in [5.41, 5.74) is 3.66. The molecule has 0 saturated heterocycles. The molecule has 5 nitrogen and oxygen atoms in total. The van der Waals surface area contributed by atoms with E-state index in [4.69, 9.17) is 9.47 Å². The Balaban J connectivity index is 1.91. The van der Waals surface area contributed by atoms with E-state index in [-0.39, 0.29) is 5.91 Å². The first-order valence-electron chi connectivity index (χ1n) is 9.06. The summed E-state index contributed by atoms with van der Waals surface area (Å²) in [5.74, 6) is 1.28. The van der Waals surface area contributed by atoms with Crippen molar-refractivity contribution in [1.82, 2.24) is 9.88 Å². The molecule has 3 aromatic rings. The van der Waals surface area contributed by atoms with Crippen molar-refractivity contribution in [3.8, 4) is 11.5 Å². The molecule has 1 heterocycles. The lowest BCUT2D eigenvalue weighted by Gasteiger charge is -2.24. The molecule has 5 heteroatoms. The lowest BCUT2D eigenvalue weighted by atomic mass is 10.1. The number of aryl methyl sites for hydroxylation is 1. The van der Waals surface area contributed by atoms with Crippen molar-refractivity contribution >= 4 is 5.91 Å². The number of hydrogen-bond donors (Lipinski definition) is 0. The molecule has 1 amide bonds. The molecule has 3 rings (SSSR count). The highest BCUT2D eigenvalue weighted by molar-refractivity contribution is 5.94. The van der Waals surface area contributed by atoms with Crippen LogP contribution in [0.1, 0.15) is 27.0 Å². The number of ether oxygens (including phenoxy) is 2. The quantitative estimate of drug-likeness (QED) is 0.619. The Labute approximate surface area is 165 Å². The van der Waals surface area contributed by atoms with E-state index in [0.29, 0.717) is 30.2 Å². The van der Waals surface area contributed by atoms with Gasteiger partial charge < -0.3 is 14.4 Å². The minimum absolute atomic E-state index is 0.0256. The monoisotopic (exact) mass is 376 g/mol. The van der Waals surface area contributed by atoms with E-state index in [1.165, 1.54) is 0 Å². The van der Waals surface area contributed by atoms with Crippen LogP contribution < -0.4 is 9.47 Å². The SMILES string of the molecule is COc1ccc(CN(Cc2cccnc2)C(=O)c2cccc(C)c2)cc1OC. The van der Waals surface area contributed by atoms with Crippen LogP contribution in [-0.2, 0) is 13.1 Å². The number of carbonyl (C=O) groups is 1. The van der Waals surface area contributed by atoms with Crippen molar-refractivity contribution < 1.29 is 14.3 Å². The molecule has 0 atom stereocenters. The molecule has 144 valence electrons. The molecule has 0 N–H and O–H groups in total. The standard InChI is InChI=1S/C23H24N2O3/c1-17-6-4-8-20(12-17)23(26)25(16-19-7-5-11-24-14-19)15-18-9-10-21(27-2)22(13-18)28-3/h4-14H,15-16H2,1-3H3. The highest BCUT2D eigenvalue weighted by Gasteiger charge is 2.18. The van der Waals surface area contributed by atoms with Crippen LogP contribution in [0.4, 0.5) is 0 Å². The summed E-state index contributed by atoms with van der Waals surface area (Å²) in [6.45, 7) is 2.90. The first-order valence-corrected chi connectivity index (χ1v) is 9.06. The maximum atomic E-state index is 13.2. The number of benzene rings is 2. The van der Waals surface area contributed by atoms with Crippen LogP contribution in [0.15, 0.2) is 67.0 Å². The Morgan fingerprint density at radius 2 is 1.71 bits per heavy atom. The molecule has 2 aromatic carbocycles. The molecule has 0 fully saturated rings. The molecule has 1 aromatic heterocycles. The van der Waals surface area contributed by atoms with Gasteiger partial charge in [0.05, 0.1) is 14.2 Å². The zero-order valence-electron chi connectivity index (χ0n) is 16.4. The second-order valence-electron chi connectivity index (χ2n) is 6.58. The van der Waals surface area contributed by atoms with E-state index in [2.05, 4.69) is 4.98 Å². The van der Waals surface area contributed by atoms with Crippen molar-refractivity contribution in [1.29, 1.82) is 0 Å². The van der Waals surface area contributed by atoms with E-state index in [1.807, 2.05) is 66.4 Å². The van der Waals surface area contributed by atoms with Crippen molar-refractivity contribution in [2.45, 2.75) is 20.0 Å². The average Bonchev–Trinajstić information content (AvgIpc) is 2.73. The summed E-state index contributed by atoms with van der Waals surface area (Å²) in [6, 6.07) is 17.2. The van der Waals surface area contributed by atoms with Gasteiger partial charge in [0.2, 0.25) is 0 Å². The Morgan fingerprint density at radius 1 is 0.929 bits per heavy atom. The van der Waals surface area contributed by atoms with Crippen LogP contribution in [0.25, 0.3) is 0 Å². The van der Waals surface area contributed by atoms with Gasteiger partial charge in [-0.1, -0.05) is 29.8 Å². The van der Waals surface area contributed by atoms with E-state index < -0.39 is 0 Å². The fraction of sp³-hybridized carbons (Fsp3) is 0.217. The van der Waals surface area contributed by atoms with Gasteiger partial charge >= 0.3 is 0 Å². The highest BCUT2D eigenvalue weighted by Crippen LogP contribution is 2.28. The third-order valence-corrected chi connectivity index (χ3v) is 4.47. The van der Waals surface area contributed by atoms with E-state index in [9.17, 15) is 4.79 Å². The smallest absolute Gasteiger partial charge is 0.254 e. The Hall–Kier alpha value is -3.34. The zero-order valence-corrected chi connectivity index (χ0v) is 16.4. The van der Waals surface area contributed by atoms with Gasteiger partial charge in [0.25, 0.3) is 5.91 Å². The third-order valence-electron chi connectivity index (χ3n) is 4.47. The minimum atomic E-state index is -0.0256. The van der Waals surface area contributed by atoms with Gasteiger partial charge in [0.1, 0.15) is 0 Å². The zero-order chi connectivity index (χ0) is 19.9. The van der Waals surface area contributed by atoms with E-state index >= 15 is 0 Å². The van der Waals surface area contributed by atoms with Gasteiger partial charge in [0, 0.05) is 31.0 Å². The van der Waals surface area contributed by atoms with Crippen molar-refractivity contribution in [3.63, 3.8) is 0 Å². The molecule has 0 aliphatic heterocycles. The number of aromatic nitrogens is 1. The maximum Gasteiger partial charge on any atom is 0.254 e. The van der Waals surface area contributed by atoms with Gasteiger partial charge in [-0.15, -0.1) is 0 Å². The van der Waals surface area contributed by atoms with Gasteiger partial charge in [-0.25, -0.2) is 0 Å². The molecule has 0 spiro atoms. The second kappa shape index (κ2) is 9.04. The summed E-state index contributed by atoms with van der Waals surface area (Å²) in [7, 11) is 3.21. The van der Waals surface area contributed by atoms with Gasteiger partial charge in [0.15, 0.2) is 11.5 Å². The predicted molar refractivity (Wildman–Crippen MR) is 109 cm³/mol. The van der Waals surface area contributed by atoms with E-state index in [0.717, 1.165) is 16.7 Å². The van der Waals surface area contributed by atoms with Gasteiger partial charge in [-0.05, 0) is 48.4 Å². The van der Waals surface area contributed by atoms with Gasteiger partial charge in [-0.3, -0.25) is 9.78 Å². The van der Waals surface area contributed by atoms with Crippen LogP contribution in [0.3, 0.4) is 0 Å². The van der Waals surface area contributed by atoms with Crippen LogP contribution in [0, 0.1) is 6.92 Å². The second-order valence-corrected chi connectivity index (χ2v) is 6.58. The highest BCUT2D eigenvalue weighted by atomic mass is 16.5. The fourth-order valence-electron chi connectivity index (χ4n) is 3.07. The molecule has 0 saturated carbocycles. The van der Waals surface area contributed by atoms with Crippen molar-refractivity contribution in [3.05, 3.63) is 89.2 Å². The number of rotatable bonds is 7. The molecule has 0 radical (unpaired) electrons. The van der Waals surface area contributed by atoms with Crippen LogP contribution >= 0.6 is 0 Å². The summed E-state index contributed by atoms with van der Waals surface area (Å²) in [4.78, 5) is 19.2. The Kier molecular flexibility index (Phi) is 6.27. The number of nitrogens with zero attached hydrogens (tertiary/aromatic N) is 2. The Bertz CT molecular complexity index is 942. The molecule has 0 unspecified atom stereocenters. The van der Waals surface area contributed by atoms with E-state index in [1.54, 1.807) is 26.6 Å². The Morgan fingerprint density at radius 3 is 2.39 bits per heavy atom. The summed E-state index contributed by atoms with van der Waals surface area (Å²) >= 11 is 0. The summed E-state index contributed by atoms with van der Waals surface area (Å²) in [5, 5.41) is 0. The number of methoxy groups -OCH3 is 2. The first-order chi connectivity index (χ1) is 13.6. The summed E-state index contributed by atoms with van der Waals surface area (Å²) in [6.07, 6.45) is 3.51. The molecular formula is C23H24N2O3. The third kappa shape index (κ3) is 4.68. The summed E-state index contributed by atoms with van der Waals surface area (Å²) < 4.78 is 10.7. The van der Waals surface area contributed by atoms with Crippen molar-refractivity contribution in [2.75, 3.05) is 14.2 Å². The first kappa shape index (κ1) is 19.4. The normalized spacial score (nSPS) is 10.4. The van der Waals surface area contributed by atoms with Crippen LogP contribution in [-0.4, -0.2) is 30.0 Å². The topological polar surface area (TPSA) is 51.7 Å². The number of amides is 1.